The molecule has 3 nitrogen and oxygen atoms in total. The number of nitrogens with zero attached hydrogens (tertiary/aromatic N) is 2. The molecule has 1 aliphatic rings. The van der Waals surface area contributed by atoms with Crippen molar-refractivity contribution in [3.8, 4) is 0 Å². The van der Waals surface area contributed by atoms with Gasteiger partial charge in [0.2, 0.25) is 6.29 Å². The molecule has 41 valence electrons. The Morgan fingerprint density at radius 3 is 3.00 bits per heavy atom. The average molecular weight is 109 g/mol. The maximum absolute atomic E-state index is 9.85. The Balaban J connectivity index is 2.51. The summed E-state index contributed by atoms with van der Waals surface area (Å²) in [5, 5.41) is 7.07. The maximum Gasteiger partial charge on any atom is 0.227 e. The third-order valence-electron chi connectivity index (χ3n) is 0.874. The summed E-state index contributed by atoms with van der Waals surface area (Å²) in [5.74, 6) is 0. The van der Waals surface area contributed by atoms with Crippen LogP contribution in [0.1, 0.15) is 6.42 Å². The van der Waals surface area contributed by atoms with E-state index >= 15 is 0 Å². The van der Waals surface area contributed by atoms with Crippen LogP contribution < -0.4 is 0 Å². The second kappa shape index (κ2) is 2.35. The van der Waals surface area contributed by atoms with Gasteiger partial charge in [-0.05, 0) is 6.42 Å². The molecule has 0 aliphatic carbocycles. The van der Waals surface area contributed by atoms with Crippen molar-refractivity contribution in [3.63, 3.8) is 0 Å². The SMILES string of the molecule is O=[C]C1CC=CN=N1. The van der Waals surface area contributed by atoms with E-state index in [1.54, 1.807) is 18.6 Å². The van der Waals surface area contributed by atoms with Gasteiger partial charge in [0.05, 0.1) is 0 Å². The monoisotopic (exact) mass is 109 g/mol. The zero-order valence-corrected chi connectivity index (χ0v) is 4.24. The predicted molar refractivity (Wildman–Crippen MR) is 28.1 cm³/mol. The van der Waals surface area contributed by atoms with E-state index in [4.69, 9.17) is 0 Å². The van der Waals surface area contributed by atoms with Gasteiger partial charge in [-0.1, -0.05) is 6.08 Å². The first kappa shape index (κ1) is 5.15. The van der Waals surface area contributed by atoms with Crippen LogP contribution in [0.25, 0.3) is 0 Å². The zero-order valence-electron chi connectivity index (χ0n) is 4.24. The zero-order chi connectivity index (χ0) is 5.82. The molecule has 1 radical (unpaired) electrons. The van der Waals surface area contributed by atoms with E-state index in [1.165, 1.54) is 0 Å². The van der Waals surface area contributed by atoms with Crippen LogP contribution >= 0.6 is 0 Å². The lowest BCUT2D eigenvalue weighted by atomic mass is 10.2. The maximum atomic E-state index is 9.85. The minimum absolute atomic E-state index is 0.347. The molecule has 0 bridgehead atoms. The van der Waals surface area contributed by atoms with E-state index < -0.39 is 0 Å². The highest BCUT2D eigenvalue weighted by atomic mass is 16.1. The van der Waals surface area contributed by atoms with Crippen molar-refractivity contribution < 1.29 is 4.79 Å². The van der Waals surface area contributed by atoms with E-state index in [2.05, 4.69) is 10.2 Å². The smallest absolute Gasteiger partial charge is 0.227 e. The minimum atomic E-state index is -0.347. The largest absolute Gasteiger partial charge is 0.288 e. The molecule has 0 spiro atoms. The van der Waals surface area contributed by atoms with Gasteiger partial charge >= 0.3 is 0 Å². The summed E-state index contributed by atoms with van der Waals surface area (Å²) in [5.41, 5.74) is 0. The van der Waals surface area contributed by atoms with Crippen molar-refractivity contribution in [1.82, 2.24) is 0 Å². The summed E-state index contributed by atoms with van der Waals surface area (Å²) < 4.78 is 0. The first-order chi connectivity index (χ1) is 3.93. The minimum Gasteiger partial charge on any atom is -0.288 e. The summed E-state index contributed by atoms with van der Waals surface area (Å²) >= 11 is 0. The molecular weight excluding hydrogens is 104 g/mol. The first-order valence-electron chi connectivity index (χ1n) is 2.36. The van der Waals surface area contributed by atoms with Crippen molar-refractivity contribution in [2.75, 3.05) is 0 Å². The summed E-state index contributed by atoms with van der Waals surface area (Å²) in [6.07, 6.45) is 5.76. The molecule has 0 saturated heterocycles. The molecule has 0 aromatic rings. The predicted octanol–water partition coefficient (Wildman–Crippen LogP) is 0.834. The van der Waals surface area contributed by atoms with Crippen LogP contribution in [-0.4, -0.2) is 12.3 Å². The second-order valence-electron chi connectivity index (χ2n) is 1.49. The van der Waals surface area contributed by atoms with E-state index in [1.807, 2.05) is 0 Å². The van der Waals surface area contributed by atoms with Gasteiger partial charge in [-0.25, -0.2) is 0 Å². The number of azo groups is 1. The fraction of sp³-hybridized carbons (Fsp3) is 0.400. The van der Waals surface area contributed by atoms with Crippen molar-refractivity contribution >= 4 is 6.29 Å². The lowest BCUT2D eigenvalue weighted by Crippen LogP contribution is -2.04. The standard InChI is InChI=1S/C5H5N2O/c8-4-5-2-1-3-6-7-5/h1,3,5H,2H2. The molecular formula is C5H5N2O. The Kier molecular flexibility index (Phi) is 1.51. The quantitative estimate of drug-likeness (QED) is 0.491. The molecule has 0 amide bonds. The van der Waals surface area contributed by atoms with Crippen molar-refractivity contribution in [1.29, 1.82) is 0 Å². The van der Waals surface area contributed by atoms with Crippen LogP contribution in [0.15, 0.2) is 22.5 Å². The fourth-order valence-electron chi connectivity index (χ4n) is 0.475. The van der Waals surface area contributed by atoms with Crippen LogP contribution in [-0.2, 0) is 4.79 Å². The van der Waals surface area contributed by atoms with E-state index in [0.29, 0.717) is 6.42 Å². The Labute approximate surface area is 47.1 Å². The van der Waals surface area contributed by atoms with E-state index in [-0.39, 0.29) is 6.04 Å². The Morgan fingerprint density at radius 2 is 2.62 bits per heavy atom. The van der Waals surface area contributed by atoms with Crippen LogP contribution in [0.4, 0.5) is 0 Å². The Morgan fingerprint density at radius 1 is 1.75 bits per heavy atom. The van der Waals surface area contributed by atoms with Crippen LogP contribution in [0.5, 0.6) is 0 Å². The molecule has 8 heavy (non-hydrogen) atoms. The van der Waals surface area contributed by atoms with Crippen LogP contribution in [0.3, 0.4) is 0 Å². The summed E-state index contributed by atoms with van der Waals surface area (Å²) in [6.45, 7) is 0. The van der Waals surface area contributed by atoms with Gasteiger partial charge in [0.25, 0.3) is 0 Å². The summed E-state index contributed by atoms with van der Waals surface area (Å²) in [4.78, 5) is 9.85. The number of hydrogen-bond donors (Lipinski definition) is 0. The highest BCUT2D eigenvalue weighted by Gasteiger charge is 2.04. The van der Waals surface area contributed by atoms with Crippen molar-refractivity contribution in [2.24, 2.45) is 10.2 Å². The molecule has 1 rings (SSSR count). The second-order valence-corrected chi connectivity index (χ2v) is 1.49. The molecule has 1 heterocycles. The molecule has 1 unspecified atom stereocenters. The number of hydrogen-bond acceptors (Lipinski definition) is 3. The molecule has 0 aromatic heterocycles. The lowest BCUT2D eigenvalue weighted by Gasteiger charge is -1.98. The molecule has 0 aromatic carbocycles. The van der Waals surface area contributed by atoms with Gasteiger partial charge in [0.1, 0.15) is 6.04 Å². The molecule has 1 atom stereocenters. The molecule has 0 N–H and O–H groups in total. The Bertz CT molecular complexity index is 139. The summed E-state index contributed by atoms with van der Waals surface area (Å²) in [6, 6.07) is -0.347. The van der Waals surface area contributed by atoms with Gasteiger partial charge in [-0.3, -0.25) is 4.79 Å². The highest BCUT2D eigenvalue weighted by Crippen LogP contribution is 2.02. The molecule has 0 saturated carbocycles. The van der Waals surface area contributed by atoms with Gasteiger partial charge in [0, 0.05) is 6.20 Å². The van der Waals surface area contributed by atoms with Gasteiger partial charge in [-0.2, -0.15) is 10.2 Å². The van der Waals surface area contributed by atoms with Gasteiger partial charge in [-0.15, -0.1) is 0 Å². The lowest BCUT2D eigenvalue weighted by molar-refractivity contribution is 0.538. The van der Waals surface area contributed by atoms with Gasteiger partial charge in [0.15, 0.2) is 0 Å². The first-order valence-corrected chi connectivity index (χ1v) is 2.36. The topological polar surface area (TPSA) is 41.8 Å². The van der Waals surface area contributed by atoms with Crippen LogP contribution in [0, 0.1) is 0 Å². The van der Waals surface area contributed by atoms with Crippen molar-refractivity contribution in [2.45, 2.75) is 12.5 Å². The number of carbonyl (C=O) groups excluding carboxylic acids is 1. The van der Waals surface area contributed by atoms with E-state index in [9.17, 15) is 4.79 Å². The van der Waals surface area contributed by atoms with Crippen molar-refractivity contribution in [3.05, 3.63) is 12.3 Å². The van der Waals surface area contributed by atoms with Crippen LogP contribution in [0.2, 0.25) is 0 Å². The third-order valence-corrected chi connectivity index (χ3v) is 0.874. The highest BCUT2D eigenvalue weighted by molar-refractivity contribution is 5.59. The normalized spacial score (nSPS) is 25.8. The van der Waals surface area contributed by atoms with Gasteiger partial charge < -0.3 is 0 Å². The molecule has 1 aliphatic heterocycles. The summed E-state index contributed by atoms with van der Waals surface area (Å²) in [7, 11) is 0. The Hall–Kier alpha value is -0.990. The number of rotatable bonds is 1. The molecule has 0 fully saturated rings. The fourth-order valence-corrected chi connectivity index (χ4v) is 0.475. The average Bonchev–Trinajstić information content (AvgIpc) is 1.90. The third kappa shape index (κ3) is 0.992. The van der Waals surface area contributed by atoms with E-state index in [0.717, 1.165) is 0 Å². The molecule has 3 heteroatoms.